The number of amides is 1. The Bertz CT molecular complexity index is 913. The molecular weight excluding hydrogens is 340 g/mol. The molecule has 27 heavy (non-hydrogen) atoms. The van der Waals surface area contributed by atoms with Gasteiger partial charge in [0, 0.05) is 23.2 Å². The van der Waals surface area contributed by atoms with Gasteiger partial charge >= 0.3 is 0 Å². The van der Waals surface area contributed by atoms with Gasteiger partial charge in [-0.1, -0.05) is 19.1 Å². The fourth-order valence-electron chi connectivity index (χ4n) is 4.81. The second-order valence-corrected chi connectivity index (χ2v) is 8.12. The number of nitrogens with zero attached hydrogens (tertiary/aromatic N) is 2. The summed E-state index contributed by atoms with van der Waals surface area (Å²) in [4.78, 5) is 13.3. The van der Waals surface area contributed by atoms with Crippen molar-refractivity contribution in [3.05, 3.63) is 52.4 Å². The van der Waals surface area contributed by atoms with E-state index in [4.69, 9.17) is 4.74 Å². The molecule has 0 saturated heterocycles. The number of hydrogen-bond donors (Lipinski definition) is 2. The Morgan fingerprint density at radius 2 is 2.11 bits per heavy atom. The Kier molecular flexibility index (Phi) is 3.91. The van der Waals surface area contributed by atoms with E-state index in [-0.39, 0.29) is 17.6 Å². The van der Waals surface area contributed by atoms with E-state index in [2.05, 4.69) is 33.9 Å². The highest BCUT2D eigenvalue weighted by Crippen LogP contribution is 2.52. The highest BCUT2D eigenvalue weighted by atomic mass is 16.5. The van der Waals surface area contributed by atoms with Gasteiger partial charge in [0.25, 0.3) is 5.91 Å². The van der Waals surface area contributed by atoms with E-state index < -0.39 is 5.41 Å². The summed E-state index contributed by atoms with van der Waals surface area (Å²) in [6.45, 7) is 8.18. The van der Waals surface area contributed by atoms with Crippen molar-refractivity contribution >= 4 is 5.91 Å². The van der Waals surface area contributed by atoms with Crippen molar-refractivity contribution in [2.45, 2.75) is 57.7 Å². The van der Waals surface area contributed by atoms with E-state index in [0.717, 1.165) is 46.7 Å². The van der Waals surface area contributed by atoms with Crippen LogP contribution in [-0.2, 0) is 10.2 Å². The smallest absolute Gasteiger partial charge is 0.250 e. The molecule has 0 radical (unpaired) electrons. The van der Waals surface area contributed by atoms with Gasteiger partial charge in [-0.2, -0.15) is 10.2 Å². The lowest BCUT2D eigenvalue weighted by Crippen LogP contribution is -2.58. The summed E-state index contributed by atoms with van der Waals surface area (Å²) in [6, 6.07) is 8.01. The number of nitrogens with one attached hydrogen (secondary N) is 2. The van der Waals surface area contributed by atoms with Gasteiger partial charge in [0.15, 0.2) is 6.17 Å². The Morgan fingerprint density at radius 3 is 2.81 bits per heavy atom. The Balaban J connectivity index is 2.03. The second-order valence-electron chi connectivity index (χ2n) is 8.12. The number of benzene rings is 1. The number of rotatable bonds is 3. The minimum absolute atomic E-state index is 0.0240. The minimum atomic E-state index is -0.575. The Hall–Kier alpha value is -2.63. The van der Waals surface area contributed by atoms with E-state index >= 15 is 0 Å². The lowest BCUT2D eigenvalue weighted by Gasteiger charge is -2.48. The van der Waals surface area contributed by atoms with Crippen molar-refractivity contribution in [2.24, 2.45) is 10.2 Å². The SMILES string of the molecule is CCC1(c2cccc(OC)c2)C2=C(CC(C)(C)NC2=O)NC2N=NC(C)=C21. The van der Waals surface area contributed by atoms with Gasteiger partial charge in [-0.25, -0.2) is 0 Å². The summed E-state index contributed by atoms with van der Waals surface area (Å²) in [6.07, 6.45) is 1.25. The lowest BCUT2D eigenvalue weighted by atomic mass is 9.61. The Labute approximate surface area is 159 Å². The molecule has 142 valence electrons. The largest absolute Gasteiger partial charge is 0.497 e. The molecule has 3 aliphatic heterocycles. The number of carbonyl (C=O) groups excluding carboxylic acids is 1. The zero-order chi connectivity index (χ0) is 19.4. The number of carbonyl (C=O) groups is 1. The third-order valence-corrected chi connectivity index (χ3v) is 5.88. The molecule has 1 amide bonds. The van der Waals surface area contributed by atoms with Crippen LogP contribution in [0.2, 0.25) is 0 Å². The summed E-state index contributed by atoms with van der Waals surface area (Å²) in [7, 11) is 1.66. The van der Waals surface area contributed by atoms with Crippen LogP contribution >= 0.6 is 0 Å². The minimum Gasteiger partial charge on any atom is -0.497 e. The molecule has 0 saturated carbocycles. The molecule has 0 bridgehead atoms. The molecule has 3 aliphatic rings. The summed E-state index contributed by atoms with van der Waals surface area (Å²) >= 11 is 0. The van der Waals surface area contributed by atoms with Crippen LogP contribution in [0.4, 0.5) is 0 Å². The average Bonchev–Trinajstić information content (AvgIpc) is 3.00. The number of fused-ring (bicyclic) bond motifs is 1. The molecule has 0 aromatic heterocycles. The molecule has 3 heterocycles. The van der Waals surface area contributed by atoms with E-state index in [1.807, 2.05) is 39.0 Å². The highest BCUT2D eigenvalue weighted by Gasteiger charge is 2.54. The molecule has 0 spiro atoms. The quantitative estimate of drug-likeness (QED) is 0.859. The first-order chi connectivity index (χ1) is 12.8. The molecule has 2 N–H and O–H groups in total. The molecule has 1 aromatic carbocycles. The summed E-state index contributed by atoms with van der Waals surface area (Å²) < 4.78 is 5.47. The molecule has 6 heteroatoms. The maximum Gasteiger partial charge on any atom is 0.250 e. The maximum absolute atomic E-state index is 13.3. The third-order valence-electron chi connectivity index (χ3n) is 5.88. The van der Waals surface area contributed by atoms with Crippen molar-refractivity contribution in [2.75, 3.05) is 7.11 Å². The molecule has 0 fully saturated rings. The number of ether oxygens (including phenoxy) is 1. The number of azo groups is 1. The molecular formula is C21H26N4O2. The summed E-state index contributed by atoms with van der Waals surface area (Å²) in [5, 5.41) is 15.5. The van der Waals surface area contributed by atoms with Gasteiger partial charge in [-0.3, -0.25) is 4.79 Å². The molecule has 2 unspecified atom stereocenters. The number of allylic oxidation sites excluding steroid dienone is 1. The lowest BCUT2D eigenvalue weighted by molar-refractivity contribution is -0.120. The van der Waals surface area contributed by atoms with Crippen molar-refractivity contribution in [1.82, 2.24) is 10.6 Å². The average molecular weight is 366 g/mol. The molecule has 0 aliphatic carbocycles. The van der Waals surface area contributed by atoms with Crippen molar-refractivity contribution in [3.63, 3.8) is 0 Å². The molecule has 2 atom stereocenters. The van der Waals surface area contributed by atoms with Gasteiger partial charge in [0.2, 0.25) is 0 Å². The van der Waals surface area contributed by atoms with Crippen molar-refractivity contribution < 1.29 is 9.53 Å². The zero-order valence-electron chi connectivity index (χ0n) is 16.5. The van der Waals surface area contributed by atoms with Crippen LogP contribution in [-0.4, -0.2) is 24.7 Å². The predicted octanol–water partition coefficient (Wildman–Crippen LogP) is 3.56. The molecule has 1 aromatic rings. The standard InChI is InChI=1S/C21H26N4O2/c1-6-21(13-8-7-9-14(10-13)27-5)16-12(2)24-25-18(16)22-15-11-20(3,4)23-19(26)17(15)21/h7-10,18,22H,6,11H2,1-5H3,(H,23,26). The number of methoxy groups -OCH3 is 1. The van der Waals surface area contributed by atoms with Crippen LogP contribution in [0.5, 0.6) is 5.75 Å². The normalized spacial score (nSPS) is 28.5. The Morgan fingerprint density at radius 1 is 1.33 bits per heavy atom. The first kappa shape index (κ1) is 17.8. The fourth-order valence-corrected chi connectivity index (χ4v) is 4.81. The van der Waals surface area contributed by atoms with Gasteiger partial charge in [0.1, 0.15) is 5.75 Å². The maximum atomic E-state index is 13.3. The van der Waals surface area contributed by atoms with Gasteiger partial charge in [-0.15, -0.1) is 0 Å². The van der Waals surface area contributed by atoms with Gasteiger partial charge in [-0.05, 0) is 44.9 Å². The van der Waals surface area contributed by atoms with E-state index in [1.54, 1.807) is 7.11 Å². The molecule has 4 rings (SSSR count). The topological polar surface area (TPSA) is 75.1 Å². The summed E-state index contributed by atoms with van der Waals surface area (Å²) in [5.74, 6) is 0.753. The van der Waals surface area contributed by atoms with Crippen LogP contribution in [0.3, 0.4) is 0 Å². The van der Waals surface area contributed by atoms with Crippen molar-refractivity contribution in [1.29, 1.82) is 0 Å². The third kappa shape index (κ3) is 2.50. The van der Waals surface area contributed by atoms with Crippen LogP contribution in [0.15, 0.2) is 57.0 Å². The van der Waals surface area contributed by atoms with Crippen LogP contribution in [0.25, 0.3) is 0 Å². The monoisotopic (exact) mass is 366 g/mol. The number of hydrogen-bond acceptors (Lipinski definition) is 5. The predicted molar refractivity (Wildman–Crippen MR) is 103 cm³/mol. The van der Waals surface area contributed by atoms with Crippen LogP contribution in [0.1, 0.15) is 46.1 Å². The first-order valence-electron chi connectivity index (χ1n) is 9.41. The van der Waals surface area contributed by atoms with E-state index in [0.29, 0.717) is 0 Å². The van der Waals surface area contributed by atoms with E-state index in [1.165, 1.54) is 0 Å². The van der Waals surface area contributed by atoms with Crippen LogP contribution < -0.4 is 15.4 Å². The van der Waals surface area contributed by atoms with E-state index in [9.17, 15) is 4.79 Å². The van der Waals surface area contributed by atoms with Crippen LogP contribution in [0, 0.1) is 0 Å². The summed E-state index contributed by atoms with van der Waals surface area (Å²) in [5.41, 5.74) is 3.86. The second kappa shape index (κ2) is 5.94. The fraction of sp³-hybridized carbons (Fsp3) is 0.476. The molecule has 6 nitrogen and oxygen atoms in total. The van der Waals surface area contributed by atoms with Gasteiger partial charge in [0.05, 0.1) is 23.8 Å². The zero-order valence-corrected chi connectivity index (χ0v) is 16.5. The van der Waals surface area contributed by atoms with Gasteiger partial charge < -0.3 is 15.4 Å². The highest BCUT2D eigenvalue weighted by molar-refractivity contribution is 6.00. The first-order valence-corrected chi connectivity index (χ1v) is 9.41. The van der Waals surface area contributed by atoms with Crippen molar-refractivity contribution in [3.8, 4) is 5.75 Å².